The van der Waals surface area contributed by atoms with Crippen molar-refractivity contribution in [3.8, 4) is 0 Å². The van der Waals surface area contributed by atoms with Gasteiger partial charge in [-0.1, -0.05) is 22.9 Å². The van der Waals surface area contributed by atoms with Crippen LogP contribution in [0.2, 0.25) is 0 Å². The number of hydrogen-bond acceptors (Lipinski definition) is 3. The van der Waals surface area contributed by atoms with E-state index in [1.165, 1.54) is 0 Å². The van der Waals surface area contributed by atoms with E-state index in [2.05, 4.69) is 10.5 Å². The smallest absolute Gasteiger partial charge is 0.251 e. The first-order valence-corrected chi connectivity index (χ1v) is 5.92. The first kappa shape index (κ1) is 12.4. The fourth-order valence-electron chi connectivity index (χ4n) is 1.64. The van der Waals surface area contributed by atoms with Gasteiger partial charge >= 0.3 is 0 Å². The third-order valence-corrected chi connectivity index (χ3v) is 2.65. The summed E-state index contributed by atoms with van der Waals surface area (Å²) in [6, 6.07) is 9.37. The molecule has 0 atom stereocenters. The number of nitrogens with one attached hydrogen (secondary N) is 1. The molecule has 0 spiro atoms. The maximum Gasteiger partial charge on any atom is 0.251 e. The summed E-state index contributed by atoms with van der Waals surface area (Å²) < 4.78 is 5.07. The number of rotatable bonds is 4. The highest BCUT2D eigenvalue weighted by Gasteiger charge is 2.05. The summed E-state index contributed by atoms with van der Waals surface area (Å²) in [5.74, 6) is 0.725. The monoisotopic (exact) mass is 244 g/mol. The Hall–Kier alpha value is -2.10. The minimum absolute atomic E-state index is 0.0637. The van der Waals surface area contributed by atoms with Crippen LogP contribution in [0.3, 0.4) is 0 Å². The van der Waals surface area contributed by atoms with Crippen LogP contribution < -0.4 is 5.32 Å². The normalized spacial score (nSPS) is 10.3. The summed E-state index contributed by atoms with van der Waals surface area (Å²) in [6.07, 6.45) is 0.651. The molecule has 2 aromatic rings. The van der Waals surface area contributed by atoms with E-state index in [9.17, 15) is 4.79 Å². The lowest BCUT2D eigenvalue weighted by atomic mass is 10.1. The lowest BCUT2D eigenvalue weighted by molar-refractivity contribution is 0.0953. The average molecular weight is 244 g/mol. The predicted molar refractivity (Wildman–Crippen MR) is 68.5 cm³/mol. The highest BCUT2D eigenvalue weighted by atomic mass is 16.5. The second-order valence-corrected chi connectivity index (χ2v) is 4.31. The topological polar surface area (TPSA) is 55.1 Å². The van der Waals surface area contributed by atoms with Crippen molar-refractivity contribution >= 4 is 5.91 Å². The summed E-state index contributed by atoms with van der Waals surface area (Å²) >= 11 is 0. The fourth-order valence-corrected chi connectivity index (χ4v) is 1.64. The molecule has 4 heteroatoms. The molecule has 0 saturated heterocycles. The number of hydrogen-bond donors (Lipinski definition) is 1. The Morgan fingerprint density at radius 2 is 2.00 bits per heavy atom. The van der Waals surface area contributed by atoms with E-state index in [1.54, 1.807) is 0 Å². The Morgan fingerprint density at radius 1 is 1.28 bits per heavy atom. The average Bonchev–Trinajstić information content (AvgIpc) is 2.76. The Bertz CT molecular complexity index is 529. The van der Waals surface area contributed by atoms with Crippen LogP contribution in [0.25, 0.3) is 0 Å². The van der Waals surface area contributed by atoms with E-state index in [-0.39, 0.29) is 5.91 Å². The molecule has 0 aliphatic carbocycles. The van der Waals surface area contributed by atoms with Crippen molar-refractivity contribution in [1.82, 2.24) is 10.5 Å². The molecule has 1 aromatic carbocycles. The number of nitrogens with zero attached hydrogens (tertiary/aromatic N) is 1. The van der Waals surface area contributed by atoms with Crippen LogP contribution in [-0.2, 0) is 6.42 Å². The lowest BCUT2D eigenvalue weighted by Crippen LogP contribution is -2.25. The Balaban J connectivity index is 1.83. The number of carbonyl (C=O) groups is 1. The second kappa shape index (κ2) is 5.49. The van der Waals surface area contributed by atoms with Gasteiger partial charge in [-0.15, -0.1) is 0 Å². The number of carbonyl (C=O) groups excluding carboxylic acids is 1. The maximum atomic E-state index is 11.8. The minimum atomic E-state index is -0.0637. The molecule has 2 rings (SSSR count). The van der Waals surface area contributed by atoms with Crippen LogP contribution in [0.5, 0.6) is 0 Å². The van der Waals surface area contributed by atoms with Crippen molar-refractivity contribution in [2.75, 3.05) is 6.54 Å². The summed E-state index contributed by atoms with van der Waals surface area (Å²) in [5.41, 5.74) is 2.67. The highest BCUT2D eigenvalue weighted by Crippen LogP contribution is 2.04. The van der Waals surface area contributed by atoms with Crippen molar-refractivity contribution in [3.05, 3.63) is 52.9 Å². The van der Waals surface area contributed by atoms with Gasteiger partial charge in [-0.3, -0.25) is 4.79 Å². The van der Waals surface area contributed by atoms with E-state index in [0.29, 0.717) is 18.5 Å². The standard InChI is InChI=1S/C14H16N2O2/c1-10-3-5-12(6-4-10)14(17)15-8-7-13-9-11(2)16-18-13/h3-6,9H,7-8H2,1-2H3,(H,15,17). The zero-order chi connectivity index (χ0) is 13.0. The first-order chi connectivity index (χ1) is 8.65. The minimum Gasteiger partial charge on any atom is -0.361 e. The number of aromatic nitrogens is 1. The van der Waals surface area contributed by atoms with E-state index in [0.717, 1.165) is 17.0 Å². The van der Waals surface area contributed by atoms with Crippen LogP contribution in [0.1, 0.15) is 27.4 Å². The van der Waals surface area contributed by atoms with Crippen molar-refractivity contribution in [1.29, 1.82) is 0 Å². The summed E-state index contributed by atoms with van der Waals surface area (Å²) in [4.78, 5) is 11.8. The quantitative estimate of drug-likeness (QED) is 0.897. The Labute approximate surface area is 106 Å². The van der Waals surface area contributed by atoms with Gasteiger partial charge in [0.25, 0.3) is 5.91 Å². The van der Waals surface area contributed by atoms with Gasteiger partial charge < -0.3 is 9.84 Å². The van der Waals surface area contributed by atoms with E-state index in [4.69, 9.17) is 4.52 Å². The highest BCUT2D eigenvalue weighted by molar-refractivity contribution is 5.94. The molecular formula is C14H16N2O2. The Kier molecular flexibility index (Phi) is 3.77. The molecule has 0 saturated carbocycles. The van der Waals surface area contributed by atoms with Gasteiger partial charge in [0.2, 0.25) is 0 Å². The second-order valence-electron chi connectivity index (χ2n) is 4.31. The van der Waals surface area contributed by atoms with Gasteiger partial charge in [0.1, 0.15) is 5.76 Å². The van der Waals surface area contributed by atoms with Crippen molar-refractivity contribution < 1.29 is 9.32 Å². The van der Waals surface area contributed by atoms with Crippen LogP contribution >= 0.6 is 0 Å². The van der Waals surface area contributed by atoms with Gasteiger partial charge in [-0.2, -0.15) is 0 Å². The third kappa shape index (κ3) is 3.20. The van der Waals surface area contributed by atoms with E-state index < -0.39 is 0 Å². The molecule has 0 aliphatic rings. The zero-order valence-corrected chi connectivity index (χ0v) is 10.6. The third-order valence-electron chi connectivity index (χ3n) is 2.65. The largest absolute Gasteiger partial charge is 0.361 e. The van der Waals surface area contributed by atoms with Crippen LogP contribution in [0.4, 0.5) is 0 Å². The summed E-state index contributed by atoms with van der Waals surface area (Å²) in [7, 11) is 0. The molecule has 1 N–H and O–H groups in total. The number of amides is 1. The van der Waals surface area contributed by atoms with Crippen molar-refractivity contribution in [2.24, 2.45) is 0 Å². The van der Waals surface area contributed by atoms with Gasteiger partial charge in [0.05, 0.1) is 5.69 Å². The molecule has 1 heterocycles. The molecule has 1 aromatic heterocycles. The first-order valence-electron chi connectivity index (χ1n) is 5.92. The molecule has 0 unspecified atom stereocenters. The fraction of sp³-hybridized carbons (Fsp3) is 0.286. The van der Waals surface area contributed by atoms with Crippen molar-refractivity contribution in [2.45, 2.75) is 20.3 Å². The maximum absolute atomic E-state index is 11.8. The Morgan fingerprint density at radius 3 is 2.61 bits per heavy atom. The van der Waals surface area contributed by atoms with Gasteiger partial charge in [-0.25, -0.2) is 0 Å². The zero-order valence-electron chi connectivity index (χ0n) is 10.6. The van der Waals surface area contributed by atoms with E-state index >= 15 is 0 Å². The molecule has 0 radical (unpaired) electrons. The van der Waals surface area contributed by atoms with Gasteiger partial charge in [0, 0.05) is 24.6 Å². The molecule has 18 heavy (non-hydrogen) atoms. The van der Waals surface area contributed by atoms with Crippen LogP contribution in [-0.4, -0.2) is 17.6 Å². The number of benzene rings is 1. The molecule has 0 bridgehead atoms. The van der Waals surface area contributed by atoms with Crippen LogP contribution in [0.15, 0.2) is 34.9 Å². The summed E-state index contributed by atoms with van der Waals surface area (Å²) in [6.45, 7) is 4.41. The van der Waals surface area contributed by atoms with Gasteiger partial charge in [-0.05, 0) is 26.0 Å². The molecular weight excluding hydrogens is 228 g/mol. The molecule has 0 fully saturated rings. The van der Waals surface area contributed by atoms with E-state index in [1.807, 2.05) is 44.2 Å². The SMILES string of the molecule is Cc1ccc(C(=O)NCCc2cc(C)no2)cc1. The number of aryl methyl sites for hydroxylation is 2. The summed E-state index contributed by atoms with van der Waals surface area (Å²) in [5, 5.41) is 6.64. The molecule has 94 valence electrons. The molecule has 0 aliphatic heterocycles. The van der Waals surface area contributed by atoms with Gasteiger partial charge in [0.15, 0.2) is 0 Å². The van der Waals surface area contributed by atoms with Crippen molar-refractivity contribution in [3.63, 3.8) is 0 Å². The lowest BCUT2D eigenvalue weighted by Gasteiger charge is -2.03. The van der Waals surface area contributed by atoms with Crippen LogP contribution in [0, 0.1) is 13.8 Å². The predicted octanol–water partition coefficient (Wildman–Crippen LogP) is 2.26. The molecule has 4 nitrogen and oxygen atoms in total. The molecule has 1 amide bonds.